The quantitative estimate of drug-likeness (QED) is 0.659. The van der Waals surface area contributed by atoms with E-state index < -0.39 is 17.9 Å². The van der Waals surface area contributed by atoms with Gasteiger partial charge in [0.05, 0.1) is 13.2 Å². The smallest absolute Gasteiger partial charge is 0.409 e. The van der Waals surface area contributed by atoms with E-state index in [1.807, 2.05) is 44.2 Å². The highest BCUT2D eigenvalue weighted by atomic mass is 16.6. The van der Waals surface area contributed by atoms with Gasteiger partial charge in [-0.2, -0.15) is 0 Å². The van der Waals surface area contributed by atoms with Crippen molar-refractivity contribution in [2.45, 2.75) is 59.0 Å². The molecule has 0 fully saturated rings. The van der Waals surface area contributed by atoms with Crippen LogP contribution < -0.4 is 16.0 Å². The third-order valence-electron chi connectivity index (χ3n) is 2.81. The third kappa shape index (κ3) is 10.2. The van der Waals surface area contributed by atoms with Crippen molar-refractivity contribution in [1.29, 1.82) is 0 Å². The van der Waals surface area contributed by atoms with Gasteiger partial charge >= 0.3 is 12.1 Å². The molecule has 0 heterocycles. The maximum Gasteiger partial charge on any atom is 0.409 e. The van der Waals surface area contributed by atoms with Gasteiger partial charge in [0.2, 0.25) is 0 Å². The van der Waals surface area contributed by atoms with Gasteiger partial charge in [-0.05, 0) is 40.2 Å². The molecule has 0 aliphatic carbocycles. The summed E-state index contributed by atoms with van der Waals surface area (Å²) in [6.45, 7) is 9.50. The van der Waals surface area contributed by atoms with Gasteiger partial charge in [0.15, 0.2) is 0 Å². The maximum atomic E-state index is 11.9. The number of urea groups is 1. The fraction of sp³-hybridized carbons (Fsp3) is 0.556. The molecule has 0 aromatic heterocycles. The van der Waals surface area contributed by atoms with Gasteiger partial charge in [-0.15, -0.1) is 0 Å². The van der Waals surface area contributed by atoms with E-state index in [4.69, 9.17) is 9.47 Å². The SMILES string of the molecule is CC(C)NC(=O)NC(COCc1ccccc1)NC(=O)OC(C)(C)C. The third-order valence-corrected chi connectivity index (χ3v) is 2.81. The Hall–Kier alpha value is -2.28. The molecule has 0 bridgehead atoms. The standard InChI is InChI=1S/C18H29N3O4/c1-13(2)19-16(22)20-15(21-17(23)25-18(3,4)5)12-24-11-14-9-7-6-8-10-14/h6-10,13,15H,11-12H2,1-5H3,(H,21,23)(H2,19,20,22). The topological polar surface area (TPSA) is 88.7 Å². The molecule has 0 spiro atoms. The molecule has 140 valence electrons. The summed E-state index contributed by atoms with van der Waals surface area (Å²) in [5.41, 5.74) is 0.379. The zero-order valence-corrected chi connectivity index (χ0v) is 15.6. The second-order valence-electron chi connectivity index (χ2n) is 6.97. The summed E-state index contributed by atoms with van der Waals surface area (Å²) < 4.78 is 10.8. The Bertz CT molecular complexity index is 541. The number of nitrogens with one attached hydrogen (secondary N) is 3. The first-order valence-electron chi connectivity index (χ1n) is 8.34. The van der Waals surface area contributed by atoms with Crippen molar-refractivity contribution in [3.63, 3.8) is 0 Å². The predicted molar refractivity (Wildman–Crippen MR) is 96.1 cm³/mol. The molecule has 0 radical (unpaired) electrons. The molecule has 1 rings (SSSR count). The molecule has 0 aliphatic rings. The Labute approximate surface area is 149 Å². The summed E-state index contributed by atoms with van der Waals surface area (Å²) in [5.74, 6) is 0. The summed E-state index contributed by atoms with van der Waals surface area (Å²) >= 11 is 0. The van der Waals surface area contributed by atoms with Gasteiger partial charge < -0.3 is 20.1 Å². The Morgan fingerprint density at radius 2 is 1.68 bits per heavy atom. The minimum absolute atomic E-state index is 0.0209. The molecular weight excluding hydrogens is 322 g/mol. The van der Waals surface area contributed by atoms with Gasteiger partial charge in [0.25, 0.3) is 0 Å². The van der Waals surface area contributed by atoms with Crippen LogP contribution >= 0.6 is 0 Å². The van der Waals surface area contributed by atoms with Crippen molar-refractivity contribution in [2.75, 3.05) is 6.61 Å². The monoisotopic (exact) mass is 351 g/mol. The number of ether oxygens (including phenoxy) is 2. The fourth-order valence-corrected chi connectivity index (χ4v) is 1.90. The molecule has 0 aliphatic heterocycles. The highest BCUT2D eigenvalue weighted by Gasteiger charge is 2.21. The number of carbonyl (C=O) groups excluding carboxylic acids is 2. The van der Waals surface area contributed by atoms with Gasteiger partial charge in [-0.1, -0.05) is 30.3 Å². The molecule has 7 heteroatoms. The van der Waals surface area contributed by atoms with E-state index in [0.29, 0.717) is 6.61 Å². The predicted octanol–water partition coefficient (Wildman–Crippen LogP) is 2.76. The van der Waals surface area contributed by atoms with Gasteiger partial charge in [-0.3, -0.25) is 5.32 Å². The van der Waals surface area contributed by atoms with Crippen LogP contribution in [0.4, 0.5) is 9.59 Å². The van der Waals surface area contributed by atoms with Crippen LogP contribution in [0.1, 0.15) is 40.2 Å². The van der Waals surface area contributed by atoms with Crippen LogP contribution in [-0.4, -0.2) is 36.5 Å². The summed E-state index contributed by atoms with van der Waals surface area (Å²) in [5, 5.41) is 7.98. The largest absolute Gasteiger partial charge is 0.444 e. The molecule has 3 amide bonds. The van der Waals surface area contributed by atoms with E-state index in [1.54, 1.807) is 20.8 Å². The zero-order valence-electron chi connectivity index (χ0n) is 15.6. The number of rotatable bonds is 7. The van der Waals surface area contributed by atoms with Gasteiger partial charge in [0.1, 0.15) is 11.8 Å². The van der Waals surface area contributed by atoms with E-state index in [9.17, 15) is 9.59 Å². The van der Waals surface area contributed by atoms with Gasteiger partial charge in [-0.25, -0.2) is 9.59 Å². The molecule has 1 aromatic rings. The van der Waals surface area contributed by atoms with E-state index in [0.717, 1.165) is 5.56 Å². The number of carbonyl (C=O) groups is 2. The number of benzene rings is 1. The van der Waals surface area contributed by atoms with Gasteiger partial charge in [0, 0.05) is 6.04 Å². The van der Waals surface area contributed by atoms with Crippen molar-refractivity contribution in [2.24, 2.45) is 0 Å². The molecule has 1 unspecified atom stereocenters. The minimum atomic E-state index is -0.711. The lowest BCUT2D eigenvalue weighted by molar-refractivity contribution is 0.0410. The van der Waals surface area contributed by atoms with Crippen LogP contribution in [-0.2, 0) is 16.1 Å². The summed E-state index contributed by atoms with van der Waals surface area (Å²) in [6.07, 6.45) is -1.33. The molecule has 0 saturated heterocycles. The van der Waals surface area contributed by atoms with Crippen LogP contribution in [0.25, 0.3) is 0 Å². The number of hydrogen-bond donors (Lipinski definition) is 3. The average Bonchev–Trinajstić information content (AvgIpc) is 2.45. The minimum Gasteiger partial charge on any atom is -0.444 e. The van der Waals surface area contributed by atoms with Crippen LogP contribution in [0.15, 0.2) is 30.3 Å². The maximum absolute atomic E-state index is 11.9. The molecule has 1 atom stereocenters. The van der Waals surface area contributed by atoms with Crippen LogP contribution in [0.5, 0.6) is 0 Å². The Morgan fingerprint density at radius 3 is 2.24 bits per heavy atom. The number of amides is 3. The molecular formula is C18H29N3O4. The van der Waals surface area contributed by atoms with Crippen molar-refractivity contribution >= 4 is 12.1 Å². The average molecular weight is 351 g/mol. The number of alkyl carbamates (subject to hydrolysis) is 1. The van der Waals surface area contributed by atoms with E-state index in [1.165, 1.54) is 0 Å². The molecule has 7 nitrogen and oxygen atoms in total. The molecule has 1 aromatic carbocycles. The van der Waals surface area contributed by atoms with Crippen molar-refractivity contribution in [3.8, 4) is 0 Å². The van der Waals surface area contributed by atoms with Crippen molar-refractivity contribution in [3.05, 3.63) is 35.9 Å². The van der Waals surface area contributed by atoms with Crippen molar-refractivity contribution < 1.29 is 19.1 Å². The van der Waals surface area contributed by atoms with E-state index in [2.05, 4.69) is 16.0 Å². The highest BCUT2D eigenvalue weighted by Crippen LogP contribution is 2.07. The zero-order chi connectivity index (χ0) is 18.9. The van der Waals surface area contributed by atoms with E-state index >= 15 is 0 Å². The summed E-state index contributed by atoms with van der Waals surface area (Å²) in [6, 6.07) is 9.23. The first kappa shape index (κ1) is 20.8. The molecule has 3 N–H and O–H groups in total. The number of hydrogen-bond acceptors (Lipinski definition) is 4. The fourth-order valence-electron chi connectivity index (χ4n) is 1.90. The van der Waals surface area contributed by atoms with Crippen LogP contribution in [0.2, 0.25) is 0 Å². The highest BCUT2D eigenvalue weighted by molar-refractivity contribution is 5.75. The summed E-state index contributed by atoms with van der Waals surface area (Å²) in [7, 11) is 0. The lowest BCUT2D eigenvalue weighted by Gasteiger charge is -2.24. The Balaban J connectivity index is 2.57. The second kappa shape index (κ2) is 9.88. The lowest BCUT2D eigenvalue weighted by Crippen LogP contribution is -2.55. The van der Waals surface area contributed by atoms with Crippen molar-refractivity contribution in [1.82, 2.24) is 16.0 Å². The Morgan fingerprint density at radius 1 is 1.04 bits per heavy atom. The second-order valence-corrected chi connectivity index (χ2v) is 6.97. The normalized spacial score (nSPS) is 12.4. The molecule has 25 heavy (non-hydrogen) atoms. The molecule has 0 saturated carbocycles. The first-order valence-corrected chi connectivity index (χ1v) is 8.34. The van der Waals surface area contributed by atoms with E-state index in [-0.39, 0.29) is 18.7 Å². The summed E-state index contributed by atoms with van der Waals surface area (Å²) in [4.78, 5) is 23.8. The van der Waals surface area contributed by atoms with Crippen LogP contribution in [0, 0.1) is 0 Å². The van der Waals surface area contributed by atoms with Crippen LogP contribution in [0.3, 0.4) is 0 Å². The first-order chi connectivity index (χ1) is 11.7. The Kier molecular flexibility index (Phi) is 8.21. The lowest BCUT2D eigenvalue weighted by atomic mass is 10.2.